The average molecular weight is 337 g/mol. The molecule has 2 heterocycles. The van der Waals surface area contributed by atoms with Crippen molar-refractivity contribution in [3.05, 3.63) is 11.7 Å². The lowest BCUT2D eigenvalue weighted by atomic mass is 9.96. The molecule has 2 rings (SSSR count). The first-order valence-electron chi connectivity index (χ1n) is 8.92. The Morgan fingerprint density at radius 1 is 1.38 bits per heavy atom. The van der Waals surface area contributed by atoms with Gasteiger partial charge in [-0.25, -0.2) is 0 Å². The van der Waals surface area contributed by atoms with Crippen molar-refractivity contribution >= 4 is 5.96 Å². The van der Waals surface area contributed by atoms with Crippen LogP contribution in [-0.4, -0.2) is 61.4 Å². The number of guanidine groups is 1. The summed E-state index contributed by atoms with van der Waals surface area (Å²) in [5.41, 5.74) is 0. The molecule has 0 unspecified atom stereocenters. The van der Waals surface area contributed by atoms with Crippen molar-refractivity contribution in [2.45, 2.75) is 45.4 Å². The van der Waals surface area contributed by atoms with Gasteiger partial charge in [0.15, 0.2) is 11.8 Å². The van der Waals surface area contributed by atoms with Gasteiger partial charge in [-0.1, -0.05) is 19.0 Å². The van der Waals surface area contributed by atoms with E-state index in [1.165, 1.54) is 19.3 Å². The minimum Gasteiger partial charge on any atom is -0.381 e. The molecular weight excluding hydrogens is 306 g/mol. The Bertz CT molecular complexity index is 509. The van der Waals surface area contributed by atoms with Crippen LogP contribution < -0.4 is 5.32 Å². The Morgan fingerprint density at radius 2 is 2.12 bits per heavy atom. The Morgan fingerprint density at radius 3 is 2.75 bits per heavy atom. The van der Waals surface area contributed by atoms with Crippen molar-refractivity contribution in [2.75, 3.05) is 40.4 Å². The molecule has 1 saturated heterocycles. The maximum absolute atomic E-state index is 5.42. The Kier molecular flexibility index (Phi) is 7.49. The highest BCUT2D eigenvalue weighted by atomic mass is 16.5. The van der Waals surface area contributed by atoms with Gasteiger partial charge in [0.25, 0.3) is 0 Å². The maximum Gasteiger partial charge on any atom is 0.228 e. The smallest absolute Gasteiger partial charge is 0.228 e. The van der Waals surface area contributed by atoms with Gasteiger partial charge in [-0.05, 0) is 25.2 Å². The molecule has 1 aromatic heterocycles. The van der Waals surface area contributed by atoms with Crippen LogP contribution in [0.5, 0.6) is 0 Å². The molecule has 7 nitrogen and oxygen atoms in total. The number of aliphatic imine (C=N–C) groups is 1. The van der Waals surface area contributed by atoms with Crippen molar-refractivity contribution in [1.82, 2.24) is 20.4 Å². The average Bonchev–Trinajstić information content (AvgIpc) is 3.07. The molecular formula is C17H31N5O2. The molecule has 7 heteroatoms. The molecule has 1 aromatic rings. The van der Waals surface area contributed by atoms with Crippen molar-refractivity contribution in [3.8, 4) is 0 Å². The summed E-state index contributed by atoms with van der Waals surface area (Å²) in [6.45, 7) is 7.66. The van der Waals surface area contributed by atoms with E-state index in [2.05, 4.69) is 46.2 Å². The van der Waals surface area contributed by atoms with E-state index in [4.69, 9.17) is 9.26 Å². The first kappa shape index (κ1) is 18.7. The monoisotopic (exact) mass is 337 g/mol. The minimum absolute atomic E-state index is 0.291. The molecule has 1 N–H and O–H groups in total. The molecule has 0 bridgehead atoms. The molecule has 1 fully saturated rings. The van der Waals surface area contributed by atoms with Gasteiger partial charge < -0.3 is 19.5 Å². The molecule has 0 spiro atoms. The highest BCUT2D eigenvalue weighted by molar-refractivity contribution is 5.79. The van der Waals surface area contributed by atoms with Crippen LogP contribution in [0.1, 0.15) is 50.7 Å². The SMILES string of the molecule is CN=C(NCCc1nc(C(C)C)no1)N(C)CCC1CCOCC1. The van der Waals surface area contributed by atoms with Gasteiger partial charge in [0, 0.05) is 52.7 Å². The predicted molar refractivity (Wildman–Crippen MR) is 94.2 cm³/mol. The third kappa shape index (κ3) is 5.78. The van der Waals surface area contributed by atoms with E-state index in [1.54, 1.807) is 0 Å². The third-order valence-electron chi connectivity index (χ3n) is 4.41. The Labute approximate surface area is 144 Å². The van der Waals surface area contributed by atoms with E-state index < -0.39 is 0 Å². The maximum atomic E-state index is 5.42. The molecule has 0 aliphatic carbocycles. The number of ether oxygens (including phenoxy) is 1. The van der Waals surface area contributed by atoms with Gasteiger partial charge >= 0.3 is 0 Å². The summed E-state index contributed by atoms with van der Waals surface area (Å²) in [7, 11) is 3.90. The number of rotatable bonds is 7. The van der Waals surface area contributed by atoms with Crippen molar-refractivity contribution < 1.29 is 9.26 Å². The van der Waals surface area contributed by atoms with Crippen LogP contribution in [0, 0.1) is 5.92 Å². The molecule has 0 saturated carbocycles. The second-order valence-electron chi connectivity index (χ2n) is 6.69. The zero-order valence-electron chi connectivity index (χ0n) is 15.4. The van der Waals surface area contributed by atoms with Gasteiger partial charge in [-0.2, -0.15) is 4.98 Å². The highest BCUT2D eigenvalue weighted by Gasteiger charge is 2.15. The number of nitrogens with one attached hydrogen (secondary N) is 1. The van der Waals surface area contributed by atoms with Crippen LogP contribution >= 0.6 is 0 Å². The fourth-order valence-electron chi connectivity index (χ4n) is 2.79. The van der Waals surface area contributed by atoms with Crippen LogP contribution in [0.25, 0.3) is 0 Å². The second-order valence-corrected chi connectivity index (χ2v) is 6.69. The molecule has 24 heavy (non-hydrogen) atoms. The van der Waals surface area contributed by atoms with Crippen LogP contribution in [-0.2, 0) is 11.2 Å². The van der Waals surface area contributed by atoms with Crippen LogP contribution in [0.3, 0.4) is 0 Å². The van der Waals surface area contributed by atoms with E-state index in [0.717, 1.165) is 44.0 Å². The number of hydrogen-bond acceptors (Lipinski definition) is 5. The van der Waals surface area contributed by atoms with E-state index in [1.807, 2.05) is 7.05 Å². The van der Waals surface area contributed by atoms with E-state index in [9.17, 15) is 0 Å². The second kappa shape index (κ2) is 9.61. The Balaban J connectivity index is 1.70. The van der Waals surface area contributed by atoms with E-state index >= 15 is 0 Å². The van der Waals surface area contributed by atoms with E-state index in [0.29, 0.717) is 18.2 Å². The van der Waals surface area contributed by atoms with Crippen molar-refractivity contribution in [3.63, 3.8) is 0 Å². The highest BCUT2D eigenvalue weighted by Crippen LogP contribution is 2.18. The number of aromatic nitrogens is 2. The van der Waals surface area contributed by atoms with Crippen molar-refractivity contribution in [2.24, 2.45) is 10.9 Å². The molecule has 0 amide bonds. The summed E-state index contributed by atoms with van der Waals surface area (Å²) < 4.78 is 10.7. The van der Waals surface area contributed by atoms with Crippen molar-refractivity contribution in [1.29, 1.82) is 0 Å². The number of hydrogen-bond donors (Lipinski definition) is 1. The summed E-state index contributed by atoms with van der Waals surface area (Å²) in [5.74, 6) is 3.41. The lowest BCUT2D eigenvalue weighted by molar-refractivity contribution is 0.0625. The topological polar surface area (TPSA) is 75.8 Å². The minimum atomic E-state index is 0.291. The molecule has 0 radical (unpaired) electrons. The van der Waals surface area contributed by atoms with Crippen LogP contribution in [0.4, 0.5) is 0 Å². The molecule has 1 aliphatic rings. The standard InChI is InChI=1S/C17H31N5O2/c1-13(2)16-20-15(24-21-16)5-9-19-17(18-3)22(4)10-6-14-7-11-23-12-8-14/h13-14H,5-12H2,1-4H3,(H,18,19). The molecule has 0 aromatic carbocycles. The summed E-state index contributed by atoms with van der Waals surface area (Å²) in [6.07, 6.45) is 4.24. The first-order chi connectivity index (χ1) is 11.6. The summed E-state index contributed by atoms with van der Waals surface area (Å²) in [4.78, 5) is 10.9. The summed E-state index contributed by atoms with van der Waals surface area (Å²) in [5, 5.41) is 7.35. The first-order valence-corrected chi connectivity index (χ1v) is 8.92. The molecule has 0 atom stereocenters. The van der Waals surface area contributed by atoms with Gasteiger partial charge in [-0.3, -0.25) is 4.99 Å². The summed E-state index contributed by atoms with van der Waals surface area (Å²) >= 11 is 0. The zero-order valence-corrected chi connectivity index (χ0v) is 15.4. The number of nitrogens with zero attached hydrogens (tertiary/aromatic N) is 4. The summed E-state index contributed by atoms with van der Waals surface area (Å²) in [6, 6.07) is 0. The predicted octanol–water partition coefficient (Wildman–Crippen LogP) is 2.06. The van der Waals surface area contributed by atoms with Crippen LogP contribution in [0.15, 0.2) is 9.52 Å². The van der Waals surface area contributed by atoms with Gasteiger partial charge in [0.1, 0.15) is 0 Å². The largest absolute Gasteiger partial charge is 0.381 e. The lowest BCUT2D eigenvalue weighted by Gasteiger charge is -2.26. The third-order valence-corrected chi connectivity index (χ3v) is 4.41. The van der Waals surface area contributed by atoms with E-state index in [-0.39, 0.29) is 0 Å². The van der Waals surface area contributed by atoms with Gasteiger partial charge in [0.2, 0.25) is 5.89 Å². The fourth-order valence-corrected chi connectivity index (χ4v) is 2.79. The molecule has 1 aliphatic heterocycles. The lowest BCUT2D eigenvalue weighted by Crippen LogP contribution is -2.40. The Hall–Kier alpha value is -1.63. The van der Waals surface area contributed by atoms with Gasteiger partial charge in [0.05, 0.1) is 0 Å². The molecule has 136 valence electrons. The van der Waals surface area contributed by atoms with Crippen LogP contribution in [0.2, 0.25) is 0 Å². The normalized spacial score (nSPS) is 16.6. The fraction of sp³-hybridized carbons (Fsp3) is 0.824. The quantitative estimate of drug-likeness (QED) is 0.606. The van der Waals surface area contributed by atoms with Gasteiger partial charge in [-0.15, -0.1) is 0 Å². The zero-order chi connectivity index (χ0) is 17.4.